The summed E-state index contributed by atoms with van der Waals surface area (Å²) in [6.45, 7) is 3.30. The van der Waals surface area contributed by atoms with Gasteiger partial charge < -0.3 is 19.9 Å². The largest absolute Gasteiger partial charge is 0.455 e. The molecule has 0 spiro atoms. The number of rotatable bonds is 5. The number of hydrogen-bond acceptors (Lipinski definition) is 5. The summed E-state index contributed by atoms with van der Waals surface area (Å²) in [5.41, 5.74) is 1.41. The molecule has 1 aliphatic heterocycles. The molecular formula is C23H24N4O2. The van der Waals surface area contributed by atoms with Crippen LogP contribution < -0.4 is 10.1 Å². The van der Waals surface area contributed by atoms with Gasteiger partial charge in [-0.1, -0.05) is 30.3 Å². The van der Waals surface area contributed by atoms with Crippen molar-refractivity contribution in [2.75, 3.05) is 38.5 Å². The number of nitrogens with one attached hydrogen (secondary N) is 1. The van der Waals surface area contributed by atoms with Crippen LogP contribution in [0.25, 0.3) is 0 Å². The van der Waals surface area contributed by atoms with Crippen LogP contribution in [-0.4, -0.2) is 53.9 Å². The van der Waals surface area contributed by atoms with Crippen molar-refractivity contribution in [2.45, 2.75) is 0 Å². The lowest BCUT2D eigenvalue weighted by Gasteiger charge is -2.32. The summed E-state index contributed by atoms with van der Waals surface area (Å²) in [4.78, 5) is 21.2. The van der Waals surface area contributed by atoms with Crippen LogP contribution in [-0.2, 0) is 0 Å². The van der Waals surface area contributed by atoms with E-state index < -0.39 is 0 Å². The first-order chi connectivity index (χ1) is 14.2. The van der Waals surface area contributed by atoms with Crippen molar-refractivity contribution in [2.24, 2.45) is 0 Å². The zero-order valence-electron chi connectivity index (χ0n) is 16.4. The topological polar surface area (TPSA) is 57.7 Å². The number of nitrogens with zero attached hydrogens (tertiary/aromatic N) is 3. The summed E-state index contributed by atoms with van der Waals surface area (Å²) in [5, 5.41) is 3.28. The average molecular weight is 388 g/mol. The highest BCUT2D eigenvalue weighted by atomic mass is 16.5. The number of likely N-dealkylation sites (N-methyl/N-ethyl adjacent to an activating group) is 1. The minimum absolute atomic E-state index is 0.0324. The molecule has 1 saturated heterocycles. The molecule has 0 saturated carbocycles. The van der Waals surface area contributed by atoms with Gasteiger partial charge in [-0.25, -0.2) is 4.98 Å². The van der Waals surface area contributed by atoms with Crippen LogP contribution >= 0.6 is 0 Å². The quantitative estimate of drug-likeness (QED) is 0.716. The van der Waals surface area contributed by atoms with Gasteiger partial charge in [-0.2, -0.15) is 0 Å². The van der Waals surface area contributed by atoms with Crippen molar-refractivity contribution >= 4 is 17.4 Å². The van der Waals surface area contributed by atoms with E-state index in [4.69, 9.17) is 4.74 Å². The Morgan fingerprint density at radius 3 is 2.38 bits per heavy atom. The van der Waals surface area contributed by atoms with Gasteiger partial charge in [0.05, 0.1) is 11.3 Å². The maximum Gasteiger partial charge on any atom is 0.255 e. The van der Waals surface area contributed by atoms with E-state index in [1.807, 2.05) is 71.6 Å². The van der Waals surface area contributed by atoms with E-state index in [0.29, 0.717) is 17.1 Å². The molecule has 148 valence electrons. The first-order valence-electron chi connectivity index (χ1n) is 9.72. The number of anilines is 2. The van der Waals surface area contributed by atoms with Crippen LogP contribution in [0.2, 0.25) is 0 Å². The molecule has 1 aliphatic rings. The molecule has 2 heterocycles. The monoisotopic (exact) mass is 388 g/mol. The summed E-state index contributed by atoms with van der Waals surface area (Å²) in [7, 11) is 2.07. The molecule has 0 unspecified atom stereocenters. The third-order valence-corrected chi connectivity index (χ3v) is 4.92. The first-order valence-corrected chi connectivity index (χ1v) is 9.72. The second-order valence-electron chi connectivity index (χ2n) is 7.06. The number of amides is 1. The van der Waals surface area contributed by atoms with Gasteiger partial charge in [0, 0.05) is 32.4 Å². The number of piperazine rings is 1. The molecule has 6 nitrogen and oxygen atoms in total. The summed E-state index contributed by atoms with van der Waals surface area (Å²) in [6, 6.07) is 21.0. The van der Waals surface area contributed by atoms with Gasteiger partial charge in [-0.05, 0) is 43.4 Å². The Morgan fingerprint density at radius 2 is 1.66 bits per heavy atom. The van der Waals surface area contributed by atoms with Crippen molar-refractivity contribution < 1.29 is 9.53 Å². The normalized spacial score (nSPS) is 14.4. The van der Waals surface area contributed by atoms with Crippen LogP contribution in [0.4, 0.5) is 11.5 Å². The molecule has 29 heavy (non-hydrogen) atoms. The second-order valence-corrected chi connectivity index (χ2v) is 7.06. The summed E-state index contributed by atoms with van der Waals surface area (Å²) >= 11 is 0. The Morgan fingerprint density at radius 1 is 0.931 bits per heavy atom. The SMILES string of the molecule is CN1CCN(C(=O)c2ccc(Nc3ccccc3Oc3ccccc3)nc2)CC1. The smallest absolute Gasteiger partial charge is 0.255 e. The zero-order valence-corrected chi connectivity index (χ0v) is 16.4. The molecule has 1 aromatic heterocycles. The van der Waals surface area contributed by atoms with E-state index in [2.05, 4.69) is 22.2 Å². The molecule has 6 heteroatoms. The second kappa shape index (κ2) is 8.75. The van der Waals surface area contributed by atoms with E-state index in [9.17, 15) is 4.79 Å². The van der Waals surface area contributed by atoms with Crippen molar-refractivity contribution in [3.8, 4) is 11.5 Å². The molecule has 0 radical (unpaired) electrons. The highest BCUT2D eigenvalue weighted by Gasteiger charge is 2.20. The Labute approximate surface area is 170 Å². The van der Waals surface area contributed by atoms with Crippen LogP contribution in [0.3, 0.4) is 0 Å². The number of aromatic nitrogens is 1. The number of carbonyl (C=O) groups is 1. The predicted octanol–water partition coefficient (Wildman–Crippen LogP) is 4.01. The van der Waals surface area contributed by atoms with Crippen LogP contribution in [0.1, 0.15) is 10.4 Å². The van der Waals surface area contributed by atoms with E-state index in [1.54, 1.807) is 6.20 Å². The number of para-hydroxylation sites is 3. The summed E-state index contributed by atoms with van der Waals surface area (Å²) < 4.78 is 5.98. The highest BCUT2D eigenvalue weighted by molar-refractivity contribution is 5.94. The van der Waals surface area contributed by atoms with Gasteiger partial charge in [0.25, 0.3) is 5.91 Å². The third-order valence-electron chi connectivity index (χ3n) is 4.92. The maximum absolute atomic E-state index is 12.7. The molecule has 2 aromatic carbocycles. The number of hydrogen-bond donors (Lipinski definition) is 1. The summed E-state index contributed by atoms with van der Waals surface area (Å²) in [5.74, 6) is 2.16. The molecule has 0 bridgehead atoms. The Hall–Kier alpha value is -3.38. The lowest BCUT2D eigenvalue weighted by Crippen LogP contribution is -2.47. The van der Waals surface area contributed by atoms with Gasteiger partial charge in [0.2, 0.25) is 0 Å². The first kappa shape index (κ1) is 19.0. The zero-order chi connectivity index (χ0) is 20.1. The summed E-state index contributed by atoms with van der Waals surface area (Å²) in [6.07, 6.45) is 1.63. The number of ether oxygens (including phenoxy) is 1. The molecule has 3 aromatic rings. The van der Waals surface area contributed by atoms with E-state index in [1.165, 1.54) is 0 Å². The highest BCUT2D eigenvalue weighted by Crippen LogP contribution is 2.31. The van der Waals surface area contributed by atoms with Gasteiger partial charge in [-0.3, -0.25) is 4.79 Å². The van der Waals surface area contributed by atoms with Crippen LogP contribution in [0.15, 0.2) is 72.9 Å². The van der Waals surface area contributed by atoms with Crippen molar-refractivity contribution in [3.05, 3.63) is 78.5 Å². The Balaban J connectivity index is 1.45. The van der Waals surface area contributed by atoms with Crippen LogP contribution in [0, 0.1) is 0 Å². The number of benzene rings is 2. The number of pyridine rings is 1. The molecule has 1 fully saturated rings. The lowest BCUT2D eigenvalue weighted by atomic mass is 10.2. The van der Waals surface area contributed by atoms with Crippen molar-refractivity contribution in [3.63, 3.8) is 0 Å². The average Bonchev–Trinajstić information content (AvgIpc) is 2.76. The van der Waals surface area contributed by atoms with Gasteiger partial charge in [-0.15, -0.1) is 0 Å². The predicted molar refractivity (Wildman–Crippen MR) is 114 cm³/mol. The molecule has 0 aliphatic carbocycles. The molecule has 1 N–H and O–H groups in total. The van der Waals surface area contributed by atoms with E-state index >= 15 is 0 Å². The molecule has 4 rings (SSSR count). The fraction of sp³-hybridized carbons (Fsp3) is 0.217. The molecule has 1 amide bonds. The van der Waals surface area contributed by atoms with Crippen molar-refractivity contribution in [1.29, 1.82) is 0 Å². The van der Waals surface area contributed by atoms with E-state index in [-0.39, 0.29) is 5.91 Å². The standard InChI is InChI=1S/C23H24N4O2/c1-26-13-15-27(16-14-26)23(28)18-11-12-22(24-17-18)25-20-9-5-6-10-21(20)29-19-7-3-2-4-8-19/h2-12,17H,13-16H2,1H3,(H,24,25). The van der Waals surface area contributed by atoms with Crippen LogP contribution in [0.5, 0.6) is 11.5 Å². The maximum atomic E-state index is 12.7. The van der Waals surface area contributed by atoms with Gasteiger partial charge in [0.1, 0.15) is 11.6 Å². The minimum Gasteiger partial charge on any atom is -0.455 e. The fourth-order valence-corrected chi connectivity index (χ4v) is 3.20. The number of carbonyl (C=O) groups excluding carboxylic acids is 1. The van der Waals surface area contributed by atoms with Gasteiger partial charge >= 0.3 is 0 Å². The van der Waals surface area contributed by atoms with E-state index in [0.717, 1.165) is 37.6 Å². The Bertz CT molecular complexity index is 952. The lowest BCUT2D eigenvalue weighted by molar-refractivity contribution is 0.0663. The fourth-order valence-electron chi connectivity index (χ4n) is 3.20. The van der Waals surface area contributed by atoms with Gasteiger partial charge in [0.15, 0.2) is 5.75 Å². The minimum atomic E-state index is 0.0324. The molecule has 0 atom stereocenters. The third kappa shape index (κ3) is 4.73. The molecular weight excluding hydrogens is 364 g/mol. The van der Waals surface area contributed by atoms with Crippen molar-refractivity contribution in [1.82, 2.24) is 14.8 Å². The Kier molecular flexibility index (Phi) is 5.72.